The Balaban J connectivity index is 2.64. The summed E-state index contributed by atoms with van der Waals surface area (Å²) in [6.45, 7) is 4.14. The van der Waals surface area contributed by atoms with E-state index in [1.807, 2.05) is 0 Å². The zero-order chi connectivity index (χ0) is 14.5. The lowest BCUT2D eigenvalue weighted by molar-refractivity contribution is -0.116. The molecule has 0 fully saturated rings. The molecule has 0 aromatic heterocycles. The second kappa shape index (κ2) is 6.70. The number of nitrogens with one attached hydrogen (secondary N) is 1. The first-order valence-corrected chi connectivity index (χ1v) is 8.39. The predicted octanol–water partition coefficient (Wildman–Crippen LogP) is 2.61. The molecular formula is C14H21NO3S. The minimum Gasteiger partial charge on any atom is -0.326 e. The van der Waals surface area contributed by atoms with Crippen LogP contribution < -0.4 is 5.32 Å². The Kier molecular flexibility index (Phi) is 5.54. The van der Waals surface area contributed by atoms with Gasteiger partial charge in [0.2, 0.25) is 5.91 Å². The highest BCUT2D eigenvalue weighted by molar-refractivity contribution is 7.89. The average Bonchev–Trinajstić information content (AvgIpc) is 2.24. The molecule has 19 heavy (non-hydrogen) atoms. The van der Waals surface area contributed by atoms with Crippen molar-refractivity contribution in [1.29, 1.82) is 0 Å². The number of carbonyl (C=O) groups is 1. The zero-order valence-corrected chi connectivity index (χ0v) is 12.5. The lowest BCUT2D eigenvalue weighted by atomic mass is 10.1. The Morgan fingerprint density at radius 3 is 2.58 bits per heavy atom. The zero-order valence-electron chi connectivity index (χ0n) is 11.6. The van der Waals surface area contributed by atoms with Gasteiger partial charge in [0.25, 0.3) is 0 Å². The van der Waals surface area contributed by atoms with Crippen molar-refractivity contribution in [1.82, 2.24) is 0 Å². The lowest BCUT2D eigenvalue weighted by Crippen LogP contribution is -2.12. The third-order valence-corrected chi connectivity index (χ3v) is 3.45. The fourth-order valence-electron chi connectivity index (χ4n) is 1.68. The first-order valence-electron chi connectivity index (χ1n) is 6.33. The molecule has 106 valence electrons. The molecule has 1 aromatic rings. The smallest absolute Gasteiger partial charge is 0.224 e. The fraction of sp³-hybridized carbons (Fsp3) is 0.500. The van der Waals surface area contributed by atoms with Crippen LogP contribution in [0.25, 0.3) is 0 Å². The van der Waals surface area contributed by atoms with Gasteiger partial charge in [-0.1, -0.05) is 26.0 Å². The van der Waals surface area contributed by atoms with E-state index in [1.165, 1.54) is 6.26 Å². The maximum absolute atomic E-state index is 11.7. The van der Waals surface area contributed by atoms with Crippen molar-refractivity contribution in [3.05, 3.63) is 29.8 Å². The summed E-state index contributed by atoms with van der Waals surface area (Å²) in [5, 5.41) is 2.79. The molecule has 1 amide bonds. The van der Waals surface area contributed by atoms with Gasteiger partial charge in [-0.3, -0.25) is 4.79 Å². The van der Waals surface area contributed by atoms with Crippen molar-refractivity contribution in [2.24, 2.45) is 5.92 Å². The quantitative estimate of drug-likeness (QED) is 0.873. The van der Waals surface area contributed by atoms with Gasteiger partial charge in [-0.15, -0.1) is 0 Å². The van der Waals surface area contributed by atoms with E-state index in [2.05, 4.69) is 19.2 Å². The third-order valence-electron chi connectivity index (χ3n) is 2.59. The van der Waals surface area contributed by atoms with Crippen LogP contribution in [0.15, 0.2) is 24.3 Å². The van der Waals surface area contributed by atoms with Crippen molar-refractivity contribution >= 4 is 21.4 Å². The number of sulfone groups is 1. The van der Waals surface area contributed by atoms with E-state index >= 15 is 0 Å². The summed E-state index contributed by atoms with van der Waals surface area (Å²) in [7, 11) is -3.06. The molecule has 0 spiro atoms. The molecule has 5 heteroatoms. The van der Waals surface area contributed by atoms with Crippen molar-refractivity contribution in [2.45, 2.75) is 32.4 Å². The number of benzene rings is 1. The van der Waals surface area contributed by atoms with Crippen molar-refractivity contribution in [3.8, 4) is 0 Å². The fourth-order valence-corrected chi connectivity index (χ4v) is 2.47. The van der Waals surface area contributed by atoms with Gasteiger partial charge in [0.1, 0.15) is 0 Å². The first-order chi connectivity index (χ1) is 8.76. The SMILES string of the molecule is CC(C)CCC(=O)Nc1cccc(CS(C)(=O)=O)c1. The average molecular weight is 283 g/mol. The molecule has 0 aliphatic carbocycles. The van der Waals surface area contributed by atoms with Gasteiger partial charge in [-0.25, -0.2) is 8.42 Å². The number of anilines is 1. The Labute approximate surface area is 115 Å². The summed E-state index contributed by atoms with van der Waals surface area (Å²) < 4.78 is 22.4. The molecule has 0 aliphatic heterocycles. The Hall–Kier alpha value is -1.36. The van der Waals surface area contributed by atoms with E-state index in [-0.39, 0.29) is 11.7 Å². The number of hydrogen-bond acceptors (Lipinski definition) is 3. The van der Waals surface area contributed by atoms with E-state index in [0.29, 0.717) is 23.6 Å². The molecule has 1 rings (SSSR count). The minimum atomic E-state index is -3.06. The van der Waals surface area contributed by atoms with E-state index in [1.54, 1.807) is 24.3 Å². The summed E-state index contributed by atoms with van der Waals surface area (Å²) in [5.41, 5.74) is 1.33. The normalized spacial score (nSPS) is 11.6. The number of amides is 1. The Morgan fingerprint density at radius 2 is 2.00 bits per heavy atom. The first kappa shape index (κ1) is 15.7. The van der Waals surface area contributed by atoms with Gasteiger partial charge in [0.05, 0.1) is 5.75 Å². The predicted molar refractivity (Wildman–Crippen MR) is 77.7 cm³/mol. The standard InChI is InChI=1S/C14H21NO3S/c1-11(2)7-8-14(16)15-13-6-4-5-12(9-13)10-19(3,17)18/h4-6,9,11H,7-8,10H2,1-3H3,(H,15,16). The van der Waals surface area contributed by atoms with Crippen LogP contribution in [0.2, 0.25) is 0 Å². The van der Waals surface area contributed by atoms with E-state index in [4.69, 9.17) is 0 Å². The molecule has 4 nitrogen and oxygen atoms in total. The van der Waals surface area contributed by atoms with E-state index < -0.39 is 9.84 Å². The van der Waals surface area contributed by atoms with Crippen LogP contribution in [0.3, 0.4) is 0 Å². The highest BCUT2D eigenvalue weighted by atomic mass is 32.2. The molecule has 0 saturated heterocycles. The van der Waals surface area contributed by atoms with Gasteiger partial charge in [0, 0.05) is 18.4 Å². The Morgan fingerprint density at radius 1 is 1.32 bits per heavy atom. The van der Waals surface area contributed by atoms with Gasteiger partial charge in [-0.05, 0) is 30.0 Å². The maximum Gasteiger partial charge on any atom is 0.224 e. The largest absolute Gasteiger partial charge is 0.326 e. The molecule has 0 unspecified atom stereocenters. The van der Waals surface area contributed by atoms with Crippen molar-refractivity contribution in [2.75, 3.05) is 11.6 Å². The van der Waals surface area contributed by atoms with Gasteiger partial charge >= 0.3 is 0 Å². The second-order valence-corrected chi connectivity index (χ2v) is 7.39. The second-order valence-electron chi connectivity index (χ2n) is 5.25. The van der Waals surface area contributed by atoms with Gasteiger partial charge in [-0.2, -0.15) is 0 Å². The Bertz CT molecular complexity index is 535. The molecule has 0 aliphatic rings. The van der Waals surface area contributed by atoms with E-state index in [0.717, 1.165) is 6.42 Å². The number of carbonyl (C=O) groups excluding carboxylic acids is 1. The number of rotatable bonds is 6. The van der Waals surface area contributed by atoms with Crippen LogP contribution in [-0.4, -0.2) is 20.6 Å². The van der Waals surface area contributed by atoms with Crippen LogP contribution in [-0.2, 0) is 20.4 Å². The molecule has 0 bridgehead atoms. The molecular weight excluding hydrogens is 262 g/mol. The van der Waals surface area contributed by atoms with Crippen LogP contribution >= 0.6 is 0 Å². The van der Waals surface area contributed by atoms with Crippen LogP contribution in [0.4, 0.5) is 5.69 Å². The van der Waals surface area contributed by atoms with Crippen molar-refractivity contribution in [3.63, 3.8) is 0 Å². The summed E-state index contributed by atoms with van der Waals surface area (Å²) in [6, 6.07) is 6.96. The lowest BCUT2D eigenvalue weighted by Gasteiger charge is -2.08. The topological polar surface area (TPSA) is 63.2 Å². The van der Waals surface area contributed by atoms with E-state index in [9.17, 15) is 13.2 Å². The summed E-state index contributed by atoms with van der Waals surface area (Å²) >= 11 is 0. The summed E-state index contributed by atoms with van der Waals surface area (Å²) in [5.74, 6) is 0.440. The maximum atomic E-state index is 11.7. The molecule has 1 N–H and O–H groups in total. The van der Waals surface area contributed by atoms with Gasteiger partial charge in [0.15, 0.2) is 9.84 Å². The monoisotopic (exact) mass is 283 g/mol. The molecule has 0 heterocycles. The van der Waals surface area contributed by atoms with Gasteiger partial charge < -0.3 is 5.32 Å². The highest BCUT2D eigenvalue weighted by Crippen LogP contribution is 2.14. The highest BCUT2D eigenvalue weighted by Gasteiger charge is 2.07. The third kappa shape index (κ3) is 6.96. The van der Waals surface area contributed by atoms with Crippen LogP contribution in [0.1, 0.15) is 32.3 Å². The summed E-state index contributed by atoms with van der Waals surface area (Å²) in [4.78, 5) is 11.7. The van der Waals surface area contributed by atoms with Crippen LogP contribution in [0.5, 0.6) is 0 Å². The van der Waals surface area contributed by atoms with Crippen LogP contribution in [0, 0.1) is 5.92 Å². The minimum absolute atomic E-state index is 0.0112. The molecule has 1 aromatic carbocycles. The molecule has 0 radical (unpaired) electrons. The number of hydrogen-bond donors (Lipinski definition) is 1. The van der Waals surface area contributed by atoms with Crippen molar-refractivity contribution < 1.29 is 13.2 Å². The summed E-state index contributed by atoms with van der Waals surface area (Å²) in [6.07, 6.45) is 2.52. The molecule has 0 atom stereocenters. The molecule has 0 saturated carbocycles.